The molecule has 0 spiro atoms. The molecule has 0 bridgehead atoms. The van der Waals surface area contributed by atoms with Gasteiger partial charge in [0.2, 0.25) is 0 Å². The second-order valence-corrected chi connectivity index (χ2v) is 8.81. The minimum atomic E-state index is -4.41. The molecule has 0 saturated carbocycles. The summed E-state index contributed by atoms with van der Waals surface area (Å²) in [5.41, 5.74) is 0.232. The maximum Gasteiger partial charge on any atom is 0.417 e. The number of benzene rings is 1. The average Bonchev–Trinajstić information content (AvgIpc) is 2.80. The molecule has 1 aromatic carbocycles. The van der Waals surface area contributed by atoms with Crippen LogP contribution in [0.3, 0.4) is 0 Å². The molecule has 3 rings (SSSR count). The van der Waals surface area contributed by atoms with Crippen LogP contribution in [0.1, 0.15) is 38.8 Å². The van der Waals surface area contributed by atoms with Gasteiger partial charge in [-0.15, -0.1) is 0 Å². The van der Waals surface area contributed by atoms with E-state index in [2.05, 4.69) is 15.9 Å². The summed E-state index contributed by atoms with van der Waals surface area (Å²) in [6, 6.07) is 2.64. The fourth-order valence-corrected chi connectivity index (χ4v) is 4.35. The molecule has 4 nitrogen and oxygen atoms in total. The van der Waals surface area contributed by atoms with Crippen molar-refractivity contribution < 1.29 is 22.7 Å². The van der Waals surface area contributed by atoms with Crippen LogP contribution in [0.25, 0.3) is 0 Å². The first-order valence-corrected chi connectivity index (χ1v) is 9.32. The highest BCUT2D eigenvalue weighted by molar-refractivity contribution is 9.10. The molecule has 2 aliphatic heterocycles. The van der Waals surface area contributed by atoms with Crippen LogP contribution in [-0.2, 0) is 17.3 Å². The number of carbonyl (C=O) groups is 1. The number of anilines is 1. The molecular weight excluding hydrogens is 413 g/mol. The molecule has 0 aromatic heterocycles. The van der Waals surface area contributed by atoms with Crippen LogP contribution in [0.2, 0.25) is 0 Å². The van der Waals surface area contributed by atoms with E-state index in [-0.39, 0.29) is 22.6 Å². The van der Waals surface area contributed by atoms with Gasteiger partial charge >= 0.3 is 12.3 Å². The highest BCUT2D eigenvalue weighted by Gasteiger charge is 2.43. The summed E-state index contributed by atoms with van der Waals surface area (Å²) in [5.74, 6) is 0. The third-order valence-corrected chi connectivity index (χ3v) is 5.30. The van der Waals surface area contributed by atoms with E-state index >= 15 is 0 Å². The summed E-state index contributed by atoms with van der Waals surface area (Å²) in [5, 5.41) is 0. The maximum absolute atomic E-state index is 13.2. The number of ether oxygens (including phenoxy) is 1. The third kappa shape index (κ3) is 3.66. The number of hydrogen-bond donors (Lipinski definition) is 0. The van der Waals surface area contributed by atoms with Gasteiger partial charge in [0.25, 0.3) is 0 Å². The summed E-state index contributed by atoms with van der Waals surface area (Å²) in [4.78, 5) is 16.1. The first-order valence-electron chi connectivity index (χ1n) is 8.52. The molecule has 0 unspecified atom stereocenters. The van der Waals surface area contributed by atoms with Gasteiger partial charge in [-0.2, -0.15) is 13.2 Å². The summed E-state index contributed by atoms with van der Waals surface area (Å²) in [6.45, 7) is 8.22. The SMILES string of the molecule is C[C@@H]1CN(C(=O)OC(C)(C)C)C[C@H]2Cc3cc(Br)c(C(F)(F)F)cc3N21. The van der Waals surface area contributed by atoms with Crippen LogP contribution >= 0.6 is 15.9 Å². The van der Waals surface area contributed by atoms with E-state index in [9.17, 15) is 18.0 Å². The van der Waals surface area contributed by atoms with Crippen LogP contribution in [0.15, 0.2) is 16.6 Å². The van der Waals surface area contributed by atoms with E-state index in [1.165, 1.54) is 6.07 Å². The number of rotatable bonds is 0. The van der Waals surface area contributed by atoms with E-state index in [0.717, 1.165) is 5.56 Å². The highest BCUT2D eigenvalue weighted by atomic mass is 79.9. The van der Waals surface area contributed by atoms with Gasteiger partial charge < -0.3 is 14.5 Å². The minimum Gasteiger partial charge on any atom is -0.444 e. The Bertz CT molecular complexity index is 730. The Labute approximate surface area is 159 Å². The second kappa shape index (κ2) is 6.32. The lowest BCUT2D eigenvalue weighted by atomic mass is 10.1. The van der Waals surface area contributed by atoms with Gasteiger partial charge in [0.1, 0.15) is 5.60 Å². The lowest BCUT2D eigenvalue weighted by Crippen LogP contribution is -2.58. The molecule has 0 aliphatic carbocycles. The number of hydrogen-bond acceptors (Lipinski definition) is 3. The molecule has 1 saturated heterocycles. The monoisotopic (exact) mass is 434 g/mol. The first-order chi connectivity index (χ1) is 11.9. The van der Waals surface area contributed by atoms with E-state index in [0.29, 0.717) is 25.2 Å². The van der Waals surface area contributed by atoms with Crippen molar-refractivity contribution in [3.05, 3.63) is 27.7 Å². The molecule has 0 N–H and O–H groups in total. The largest absolute Gasteiger partial charge is 0.444 e. The summed E-state index contributed by atoms with van der Waals surface area (Å²) in [6.07, 6.45) is -4.18. The first kappa shape index (κ1) is 19.3. The van der Waals surface area contributed by atoms with Gasteiger partial charge in [0, 0.05) is 29.3 Å². The fourth-order valence-electron chi connectivity index (χ4n) is 3.73. The van der Waals surface area contributed by atoms with Gasteiger partial charge in [-0.25, -0.2) is 4.79 Å². The lowest BCUT2D eigenvalue weighted by Gasteiger charge is -2.44. The van der Waals surface area contributed by atoms with Gasteiger partial charge in [0.15, 0.2) is 0 Å². The molecular formula is C18H22BrF3N2O2. The zero-order valence-electron chi connectivity index (χ0n) is 15.2. The van der Waals surface area contributed by atoms with Crippen molar-refractivity contribution in [2.75, 3.05) is 18.0 Å². The predicted molar refractivity (Wildman–Crippen MR) is 96.4 cm³/mol. The van der Waals surface area contributed by atoms with Crippen LogP contribution in [0.4, 0.5) is 23.7 Å². The smallest absolute Gasteiger partial charge is 0.417 e. The lowest BCUT2D eigenvalue weighted by molar-refractivity contribution is -0.138. The number of fused-ring (bicyclic) bond motifs is 3. The molecule has 1 amide bonds. The van der Waals surface area contributed by atoms with Crippen molar-refractivity contribution in [3.8, 4) is 0 Å². The maximum atomic E-state index is 13.2. The molecule has 8 heteroatoms. The number of nitrogens with zero attached hydrogens (tertiary/aromatic N) is 2. The van der Waals surface area contributed by atoms with E-state index in [4.69, 9.17) is 4.74 Å². The molecule has 144 valence electrons. The van der Waals surface area contributed by atoms with Crippen molar-refractivity contribution >= 4 is 27.7 Å². The number of piperazine rings is 1. The van der Waals surface area contributed by atoms with Gasteiger partial charge in [-0.1, -0.05) is 15.9 Å². The van der Waals surface area contributed by atoms with E-state index in [1.54, 1.807) is 11.0 Å². The topological polar surface area (TPSA) is 32.8 Å². The Morgan fingerprint density at radius 1 is 1.23 bits per heavy atom. The predicted octanol–water partition coefficient (Wildman–Crippen LogP) is 4.84. The summed E-state index contributed by atoms with van der Waals surface area (Å²) in [7, 11) is 0. The van der Waals surface area contributed by atoms with Crippen molar-refractivity contribution in [1.82, 2.24) is 4.90 Å². The van der Waals surface area contributed by atoms with Crippen molar-refractivity contribution in [2.24, 2.45) is 0 Å². The summed E-state index contributed by atoms with van der Waals surface area (Å²) < 4.78 is 45.2. The van der Waals surface area contributed by atoms with Crippen LogP contribution in [0.5, 0.6) is 0 Å². The normalized spacial score (nSPS) is 22.9. The quantitative estimate of drug-likeness (QED) is 0.585. The van der Waals surface area contributed by atoms with Crippen molar-refractivity contribution in [1.29, 1.82) is 0 Å². The molecule has 26 heavy (non-hydrogen) atoms. The van der Waals surface area contributed by atoms with Crippen LogP contribution in [0, 0.1) is 0 Å². The molecule has 1 fully saturated rings. The highest BCUT2D eigenvalue weighted by Crippen LogP contribution is 2.44. The molecule has 2 heterocycles. The third-order valence-electron chi connectivity index (χ3n) is 4.64. The van der Waals surface area contributed by atoms with Gasteiger partial charge in [-0.05, 0) is 51.8 Å². The zero-order chi connectivity index (χ0) is 19.4. The fraction of sp³-hybridized carbons (Fsp3) is 0.611. The standard InChI is InChI=1S/C18H22BrF3N2O2/c1-10-8-23(16(25)26-17(2,3)4)9-12-5-11-6-14(19)13(18(20,21)22)7-15(11)24(10)12/h6-7,10,12H,5,8-9H2,1-4H3/t10-,12-/m1/s1. The van der Waals surface area contributed by atoms with Crippen molar-refractivity contribution in [3.63, 3.8) is 0 Å². The zero-order valence-corrected chi connectivity index (χ0v) is 16.7. The second-order valence-electron chi connectivity index (χ2n) is 7.96. The Hall–Kier alpha value is -1.44. The van der Waals surface area contributed by atoms with Crippen LogP contribution in [-0.4, -0.2) is 41.8 Å². The van der Waals surface area contributed by atoms with Crippen LogP contribution < -0.4 is 4.90 Å². The van der Waals surface area contributed by atoms with Gasteiger partial charge in [0.05, 0.1) is 11.6 Å². The number of halogens is 4. The molecule has 2 aliphatic rings. The molecule has 2 atom stereocenters. The number of alkyl halides is 3. The Morgan fingerprint density at radius 3 is 2.46 bits per heavy atom. The Morgan fingerprint density at radius 2 is 1.88 bits per heavy atom. The Kier molecular flexibility index (Phi) is 4.70. The van der Waals surface area contributed by atoms with E-state index < -0.39 is 17.3 Å². The molecule has 1 aromatic rings. The minimum absolute atomic E-state index is 0.0448. The number of amides is 1. The Balaban J connectivity index is 1.86. The summed E-state index contributed by atoms with van der Waals surface area (Å²) >= 11 is 3.05. The molecule has 0 radical (unpaired) electrons. The van der Waals surface area contributed by atoms with Gasteiger partial charge in [-0.3, -0.25) is 0 Å². The average molecular weight is 435 g/mol. The number of carbonyl (C=O) groups excluding carboxylic acids is 1. The van der Waals surface area contributed by atoms with Crippen molar-refractivity contribution in [2.45, 2.75) is 58.0 Å². The van der Waals surface area contributed by atoms with E-state index in [1.807, 2.05) is 32.6 Å².